The van der Waals surface area contributed by atoms with Crippen molar-refractivity contribution in [1.29, 1.82) is 0 Å². The smallest absolute Gasteiger partial charge is 0.240 e. The third-order valence-corrected chi connectivity index (χ3v) is 6.22. The summed E-state index contributed by atoms with van der Waals surface area (Å²) in [7, 11) is 0. The van der Waals surface area contributed by atoms with Crippen molar-refractivity contribution in [3.63, 3.8) is 0 Å². The van der Waals surface area contributed by atoms with Crippen LogP contribution in [0.25, 0.3) is 0 Å². The number of hydrogen-bond acceptors (Lipinski definition) is 4. The molecule has 2 N–H and O–H groups in total. The summed E-state index contributed by atoms with van der Waals surface area (Å²) in [6.07, 6.45) is 0.645. The van der Waals surface area contributed by atoms with Gasteiger partial charge in [-0.2, -0.15) is 0 Å². The lowest BCUT2D eigenvalue weighted by Gasteiger charge is -2.32. The molecule has 0 bridgehead atoms. The Kier molecular flexibility index (Phi) is 7.17. The fourth-order valence-corrected chi connectivity index (χ4v) is 4.58. The fourth-order valence-electron chi connectivity index (χ4n) is 4.37. The molecule has 2 saturated heterocycles. The molecule has 2 aromatic rings. The highest BCUT2D eigenvalue weighted by Gasteiger charge is 2.38. The Morgan fingerprint density at radius 1 is 1.16 bits per heavy atom. The predicted octanol–water partition coefficient (Wildman–Crippen LogP) is 2.78. The number of rotatable bonds is 6. The van der Waals surface area contributed by atoms with Gasteiger partial charge in [0.25, 0.3) is 0 Å². The standard InChI is InChI=1S/C23H27ClF2N4O/c24-18-3-1-2-16(10-18)14-30-15-20(28-13-17-4-5-19(25)11-21(17)26)12-22(30)23(31)29-8-6-27-7-9-29/h1-5,10-11,20,22,27-28H,6-9,12-15H2. The van der Waals surface area contributed by atoms with Gasteiger partial charge >= 0.3 is 0 Å². The van der Waals surface area contributed by atoms with Crippen LogP contribution in [-0.2, 0) is 17.9 Å². The lowest BCUT2D eigenvalue weighted by atomic mass is 10.1. The maximum atomic E-state index is 14.0. The Morgan fingerprint density at radius 2 is 1.97 bits per heavy atom. The molecule has 0 spiro atoms. The van der Waals surface area contributed by atoms with E-state index in [9.17, 15) is 13.6 Å². The fraction of sp³-hybridized carbons (Fsp3) is 0.435. The van der Waals surface area contributed by atoms with Crippen LogP contribution in [0.15, 0.2) is 42.5 Å². The minimum atomic E-state index is -0.587. The van der Waals surface area contributed by atoms with Crippen molar-refractivity contribution in [3.8, 4) is 0 Å². The third-order valence-electron chi connectivity index (χ3n) is 5.99. The van der Waals surface area contributed by atoms with Gasteiger partial charge in [0.2, 0.25) is 5.91 Å². The summed E-state index contributed by atoms with van der Waals surface area (Å²) in [6, 6.07) is 11.1. The van der Waals surface area contributed by atoms with E-state index in [0.29, 0.717) is 43.2 Å². The topological polar surface area (TPSA) is 47.6 Å². The Morgan fingerprint density at radius 3 is 2.71 bits per heavy atom. The molecule has 0 aromatic heterocycles. The largest absolute Gasteiger partial charge is 0.339 e. The summed E-state index contributed by atoms with van der Waals surface area (Å²) >= 11 is 6.15. The molecule has 2 aliphatic heterocycles. The monoisotopic (exact) mass is 448 g/mol. The van der Waals surface area contributed by atoms with Crippen molar-refractivity contribution in [1.82, 2.24) is 20.4 Å². The second kappa shape index (κ2) is 10.0. The molecule has 31 heavy (non-hydrogen) atoms. The number of nitrogens with one attached hydrogen (secondary N) is 2. The van der Waals surface area contributed by atoms with E-state index in [2.05, 4.69) is 15.5 Å². The summed E-state index contributed by atoms with van der Waals surface area (Å²) in [5, 5.41) is 7.31. The van der Waals surface area contributed by atoms with Crippen molar-refractivity contribution in [3.05, 3.63) is 70.2 Å². The van der Waals surface area contributed by atoms with Crippen LogP contribution in [0, 0.1) is 11.6 Å². The predicted molar refractivity (Wildman–Crippen MR) is 117 cm³/mol. The maximum Gasteiger partial charge on any atom is 0.240 e. The number of halogens is 3. The van der Waals surface area contributed by atoms with Gasteiger partial charge in [-0.05, 0) is 30.2 Å². The van der Waals surface area contributed by atoms with E-state index < -0.39 is 11.6 Å². The highest BCUT2D eigenvalue weighted by molar-refractivity contribution is 6.30. The van der Waals surface area contributed by atoms with Crippen LogP contribution in [0.5, 0.6) is 0 Å². The molecule has 4 rings (SSSR count). The van der Waals surface area contributed by atoms with Gasteiger partial charge in [-0.3, -0.25) is 9.69 Å². The molecule has 2 atom stereocenters. The first kappa shape index (κ1) is 22.1. The zero-order valence-electron chi connectivity index (χ0n) is 17.3. The summed E-state index contributed by atoms with van der Waals surface area (Å²) < 4.78 is 27.2. The molecule has 8 heteroatoms. The number of piperazine rings is 1. The van der Waals surface area contributed by atoms with Crippen molar-refractivity contribution >= 4 is 17.5 Å². The zero-order chi connectivity index (χ0) is 21.8. The number of carbonyl (C=O) groups is 1. The van der Waals surface area contributed by atoms with Gasteiger partial charge in [0, 0.05) is 68.5 Å². The Balaban J connectivity index is 1.46. The number of hydrogen-bond donors (Lipinski definition) is 2. The Labute approximate surface area is 186 Å². The number of carbonyl (C=O) groups excluding carboxylic acids is 1. The van der Waals surface area contributed by atoms with Gasteiger partial charge in [0.15, 0.2) is 0 Å². The van der Waals surface area contributed by atoms with E-state index >= 15 is 0 Å². The number of likely N-dealkylation sites (tertiary alicyclic amines) is 1. The van der Waals surface area contributed by atoms with E-state index in [1.807, 2.05) is 29.2 Å². The van der Waals surface area contributed by atoms with Crippen LogP contribution in [0.3, 0.4) is 0 Å². The van der Waals surface area contributed by atoms with Crippen LogP contribution in [-0.4, -0.2) is 60.5 Å². The van der Waals surface area contributed by atoms with Gasteiger partial charge in [0.05, 0.1) is 6.04 Å². The van der Waals surface area contributed by atoms with Crippen LogP contribution in [0.2, 0.25) is 5.02 Å². The number of nitrogens with zero attached hydrogens (tertiary/aromatic N) is 2. The summed E-state index contributed by atoms with van der Waals surface area (Å²) in [4.78, 5) is 17.4. The molecule has 2 heterocycles. The van der Waals surface area contributed by atoms with E-state index in [1.54, 1.807) is 0 Å². The molecule has 2 fully saturated rings. The van der Waals surface area contributed by atoms with Gasteiger partial charge in [0.1, 0.15) is 11.6 Å². The van der Waals surface area contributed by atoms with E-state index in [1.165, 1.54) is 12.1 Å². The van der Waals surface area contributed by atoms with Gasteiger partial charge < -0.3 is 15.5 Å². The zero-order valence-corrected chi connectivity index (χ0v) is 18.0. The van der Waals surface area contributed by atoms with E-state index in [-0.39, 0.29) is 24.5 Å². The van der Waals surface area contributed by atoms with Crippen molar-refractivity contribution in [2.75, 3.05) is 32.7 Å². The second-order valence-corrected chi connectivity index (χ2v) is 8.64. The molecule has 166 valence electrons. The summed E-state index contributed by atoms with van der Waals surface area (Å²) in [5.41, 5.74) is 1.47. The molecule has 2 aromatic carbocycles. The van der Waals surface area contributed by atoms with Crippen molar-refractivity contribution < 1.29 is 13.6 Å². The Hall–Kier alpha value is -2.06. The van der Waals surface area contributed by atoms with Crippen LogP contribution >= 0.6 is 11.6 Å². The van der Waals surface area contributed by atoms with Crippen molar-refractivity contribution in [2.24, 2.45) is 0 Å². The second-order valence-electron chi connectivity index (χ2n) is 8.20. The molecule has 0 aliphatic carbocycles. The number of benzene rings is 2. The first-order chi connectivity index (χ1) is 15.0. The molecule has 2 unspecified atom stereocenters. The van der Waals surface area contributed by atoms with E-state index in [0.717, 1.165) is 24.7 Å². The molecule has 2 aliphatic rings. The SMILES string of the molecule is O=C(C1CC(NCc2ccc(F)cc2F)CN1Cc1cccc(Cl)c1)N1CCNCC1. The lowest BCUT2D eigenvalue weighted by molar-refractivity contribution is -0.136. The Bertz CT molecular complexity index is 922. The normalized spacial score (nSPS) is 22.1. The highest BCUT2D eigenvalue weighted by atomic mass is 35.5. The average Bonchev–Trinajstić information content (AvgIpc) is 3.16. The summed E-state index contributed by atoms with van der Waals surface area (Å²) in [5.74, 6) is -1.01. The molecular weight excluding hydrogens is 422 g/mol. The van der Waals surface area contributed by atoms with Crippen LogP contribution in [0.1, 0.15) is 17.5 Å². The lowest BCUT2D eigenvalue weighted by Crippen LogP contribution is -2.52. The maximum absolute atomic E-state index is 14.0. The van der Waals surface area contributed by atoms with E-state index in [4.69, 9.17) is 11.6 Å². The van der Waals surface area contributed by atoms with Gasteiger partial charge in [-0.25, -0.2) is 8.78 Å². The minimum Gasteiger partial charge on any atom is -0.339 e. The summed E-state index contributed by atoms with van der Waals surface area (Å²) in [6.45, 7) is 4.59. The molecular formula is C23H27ClF2N4O. The molecule has 1 amide bonds. The van der Waals surface area contributed by atoms with Crippen LogP contribution < -0.4 is 10.6 Å². The van der Waals surface area contributed by atoms with Gasteiger partial charge in [-0.1, -0.05) is 29.8 Å². The molecule has 0 radical (unpaired) electrons. The molecule has 0 saturated carbocycles. The molecule has 5 nitrogen and oxygen atoms in total. The van der Waals surface area contributed by atoms with Crippen molar-refractivity contribution in [2.45, 2.75) is 31.6 Å². The number of amides is 1. The first-order valence-electron chi connectivity index (χ1n) is 10.6. The van der Waals surface area contributed by atoms with Crippen LogP contribution in [0.4, 0.5) is 8.78 Å². The quantitative estimate of drug-likeness (QED) is 0.713. The first-order valence-corrected chi connectivity index (χ1v) is 11.0. The minimum absolute atomic E-state index is 0.0282. The van der Waals surface area contributed by atoms with Gasteiger partial charge in [-0.15, -0.1) is 0 Å². The third kappa shape index (κ3) is 5.60. The highest BCUT2D eigenvalue weighted by Crippen LogP contribution is 2.24. The average molecular weight is 449 g/mol.